The third-order valence-electron chi connectivity index (χ3n) is 3.25. The first-order valence-corrected chi connectivity index (χ1v) is 7.74. The number of halogens is 1. The summed E-state index contributed by atoms with van der Waals surface area (Å²) < 4.78 is 11.2. The largest absolute Gasteiger partial charge is 0.490 e. The van der Waals surface area contributed by atoms with Gasteiger partial charge in [-0.2, -0.15) is 5.26 Å². The van der Waals surface area contributed by atoms with Crippen LogP contribution in [0.15, 0.2) is 35.6 Å². The van der Waals surface area contributed by atoms with Gasteiger partial charge >= 0.3 is 0 Å². The molecule has 5 nitrogen and oxygen atoms in total. The van der Waals surface area contributed by atoms with Gasteiger partial charge in [-0.25, -0.2) is 0 Å². The van der Waals surface area contributed by atoms with Gasteiger partial charge in [-0.15, -0.1) is 0 Å². The van der Waals surface area contributed by atoms with Gasteiger partial charge in [0.05, 0.1) is 11.6 Å². The third kappa shape index (κ3) is 3.61. The van der Waals surface area contributed by atoms with Crippen molar-refractivity contribution in [1.29, 1.82) is 5.26 Å². The Morgan fingerprint density at radius 1 is 1.38 bits per heavy atom. The van der Waals surface area contributed by atoms with Crippen molar-refractivity contribution in [2.45, 2.75) is 13.8 Å². The monoisotopic (exact) mass is 344 g/mol. The van der Waals surface area contributed by atoms with E-state index >= 15 is 0 Å². The molecule has 0 atom stereocenters. The van der Waals surface area contributed by atoms with Crippen LogP contribution in [-0.2, 0) is 0 Å². The van der Waals surface area contributed by atoms with Gasteiger partial charge in [-0.1, -0.05) is 24.3 Å². The Morgan fingerprint density at radius 2 is 2.12 bits per heavy atom. The van der Waals surface area contributed by atoms with Crippen LogP contribution in [0.4, 0.5) is 0 Å². The van der Waals surface area contributed by atoms with Crippen molar-refractivity contribution < 1.29 is 9.47 Å². The number of hydrogen-bond donors (Lipinski definition) is 1. The summed E-state index contributed by atoms with van der Waals surface area (Å²) in [5.74, 6) is 0.853. The van der Waals surface area contributed by atoms with Gasteiger partial charge in [0.1, 0.15) is 18.2 Å². The van der Waals surface area contributed by atoms with E-state index < -0.39 is 5.56 Å². The summed E-state index contributed by atoms with van der Waals surface area (Å²) in [4.78, 5) is 14.6. The van der Waals surface area contributed by atoms with Crippen molar-refractivity contribution in [3.05, 3.63) is 57.5 Å². The number of rotatable bonds is 6. The summed E-state index contributed by atoms with van der Waals surface area (Å²) in [7, 11) is 0. The minimum atomic E-state index is -0.437. The van der Waals surface area contributed by atoms with E-state index in [0.717, 1.165) is 0 Å². The Kier molecular flexibility index (Phi) is 5.67. The first-order valence-electron chi connectivity index (χ1n) is 7.36. The zero-order valence-corrected chi connectivity index (χ0v) is 14.2. The maximum Gasteiger partial charge on any atom is 0.266 e. The normalized spacial score (nSPS) is 10.1. The van der Waals surface area contributed by atoms with Crippen LogP contribution >= 0.6 is 11.6 Å². The summed E-state index contributed by atoms with van der Waals surface area (Å²) in [6.45, 7) is 7.90. The van der Waals surface area contributed by atoms with Crippen molar-refractivity contribution in [3.63, 3.8) is 0 Å². The fourth-order valence-corrected chi connectivity index (χ4v) is 2.56. The second-order valence-corrected chi connectivity index (χ2v) is 5.41. The van der Waals surface area contributed by atoms with Gasteiger partial charge in [0.25, 0.3) is 5.56 Å². The average molecular weight is 345 g/mol. The number of ether oxygens (including phenoxy) is 2. The Labute approximate surface area is 145 Å². The molecule has 0 bridgehead atoms. The molecule has 1 aromatic heterocycles. The Morgan fingerprint density at radius 3 is 2.75 bits per heavy atom. The minimum absolute atomic E-state index is 0.0267. The first-order chi connectivity index (χ1) is 11.5. The number of aromatic nitrogens is 1. The Balaban J connectivity index is 2.67. The molecule has 0 amide bonds. The topological polar surface area (TPSA) is 75.1 Å². The molecule has 0 unspecified atom stereocenters. The van der Waals surface area contributed by atoms with Gasteiger partial charge in [0.15, 0.2) is 11.5 Å². The fourth-order valence-electron chi connectivity index (χ4n) is 2.30. The molecule has 0 aliphatic heterocycles. The zero-order chi connectivity index (χ0) is 17.7. The van der Waals surface area contributed by atoms with E-state index in [1.165, 1.54) is 0 Å². The van der Waals surface area contributed by atoms with E-state index in [0.29, 0.717) is 39.9 Å². The molecule has 0 saturated carbocycles. The number of aromatic amines is 1. The summed E-state index contributed by atoms with van der Waals surface area (Å²) in [5.41, 5.74) is 1.35. The van der Waals surface area contributed by atoms with Crippen molar-refractivity contribution in [2.75, 3.05) is 13.2 Å². The number of pyridine rings is 1. The summed E-state index contributed by atoms with van der Waals surface area (Å²) in [6, 6.07) is 7.03. The lowest BCUT2D eigenvalue weighted by atomic mass is 10.0. The van der Waals surface area contributed by atoms with Crippen LogP contribution in [-0.4, -0.2) is 18.2 Å². The van der Waals surface area contributed by atoms with E-state index in [9.17, 15) is 10.1 Å². The van der Waals surface area contributed by atoms with Crippen molar-refractivity contribution in [2.24, 2.45) is 0 Å². The van der Waals surface area contributed by atoms with Gasteiger partial charge in [0, 0.05) is 11.3 Å². The van der Waals surface area contributed by atoms with E-state index in [1.54, 1.807) is 31.2 Å². The molecule has 124 valence electrons. The van der Waals surface area contributed by atoms with Crippen LogP contribution in [0, 0.1) is 18.3 Å². The molecule has 0 fully saturated rings. The molecule has 2 aromatic rings. The van der Waals surface area contributed by atoms with Crippen molar-refractivity contribution in [3.8, 4) is 28.7 Å². The number of nitriles is 1. The van der Waals surface area contributed by atoms with Gasteiger partial charge in [-0.05, 0) is 37.6 Å². The van der Waals surface area contributed by atoms with Crippen LogP contribution in [0.25, 0.3) is 11.1 Å². The zero-order valence-electron chi connectivity index (χ0n) is 13.5. The van der Waals surface area contributed by atoms with Crippen molar-refractivity contribution >= 4 is 11.6 Å². The average Bonchev–Trinajstić information content (AvgIpc) is 2.53. The lowest BCUT2D eigenvalue weighted by molar-refractivity contribution is 0.297. The van der Waals surface area contributed by atoms with Crippen molar-refractivity contribution in [1.82, 2.24) is 4.98 Å². The molecule has 6 heteroatoms. The molecule has 0 saturated heterocycles. The molecule has 1 aromatic carbocycles. The number of hydrogen-bond acceptors (Lipinski definition) is 4. The minimum Gasteiger partial charge on any atom is -0.490 e. The molecule has 0 spiro atoms. The molecule has 1 N–H and O–H groups in total. The Hall–Kier alpha value is -2.71. The lowest BCUT2D eigenvalue weighted by Crippen LogP contribution is -2.12. The maximum absolute atomic E-state index is 12.0. The molecule has 0 aliphatic rings. The molecule has 2 rings (SSSR count). The number of aryl methyl sites for hydroxylation is 1. The maximum atomic E-state index is 12.0. The van der Waals surface area contributed by atoms with E-state index in [1.807, 2.05) is 13.0 Å². The highest BCUT2D eigenvalue weighted by molar-refractivity contribution is 6.32. The SMILES string of the molecule is C=CCOc1c(Cl)cc(-c2cc(C)[nH]c(=O)c2C#N)cc1OCC. The third-order valence-corrected chi connectivity index (χ3v) is 3.53. The molecular formula is C18H17ClN2O3. The summed E-state index contributed by atoms with van der Waals surface area (Å²) in [6.07, 6.45) is 1.61. The van der Waals surface area contributed by atoms with Crippen LogP contribution in [0.2, 0.25) is 5.02 Å². The van der Waals surface area contributed by atoms with Crippen LogP contribution in [0.3, 0.4) is 0 Å². The van der Waals surface area contributed by atoms with E-state index in [-0.39, 0.29) is 12.2 Å². The molecule has 1 heterocycles. The number of H-pyrrole nitrogens is 1. The number of nitrogens with zero attached hydrogens (tertiary/aromatic N) is 1. The summed E-state index contributed by atoms with van der Waals surface area (Å²) in [5, 5.41) is 9.63. The van der Waals surface area contributed by atoms with Crippen LogP contribution in [0.5, 0.6) is 11.5 Å². The molecule has 24 heavy (non-hydrogen) atoms. The lowest BCUT2D eigenvalue weighted by Gasteiger charge is -2.15. The Bertz CT molecular complexity index is 866. The van der Waals surface area contributed by atoms with E-state index in [2.05, 4.69) is 11.6 Å². The number of benzene rings is 1. The molecule has 0 radical (unpaired) electrons. The second kappa shape index (κ2) is 7.71. The summed E-state index contributed by atoms with van der Waals surface area (Å²) >= 11 is 6.32. The van der Waals surface area contributed by atoms with Crippen LogP contribution < -0.4 is 15.0 Å². The van der Waals surface area contributed by atoms with Crippen LogP contribution in [0.1, 0.15) is 18.2 Å². The smallest absolute Gasteiger partial charge is 0.266 e. The molecular weight excluding hydrogens is 328 g/mol. The van der Waals surface area contributed by atoms with Gasteiger partial charge in [-0.3, -0.25) is 4.79 Å². The second-order valence-electron chi connectivity index (χ2n) is 5.00. The highest BCUT2D eigenvalue weighted by Gasteiger charge is 2.17. The molecule has 0 aliphatic carbocycles. The number of nitrogens with one attached hydrogen (secondary N) is 1. The fraction of sp³-hybridized carbons (Fsp3) is 0.222. The first kappa shape index (κ1) is 17.6. The van der Waals surface area contributed by atoms with Gasteiger partial charge < -0.3 is 14.5 Å². The highest BCUT2D eigenvalue weighted by atomic mass is 35.5. The predicted octanol–water partition coefficient (Wildman–Crippen LogP) is 3.84. The quantitative estimate of drug-likeness (QED) is 0.808. The highest BCUT2D eigenvalue weighted by Crippen LogP contribution is 2.40. The standard InChI is InChI=1S/C18H17ClN2O3/c1-4-6-24-17-15(19)8-12(9-16(17)23-5-2)13-7-11(3)21-18(22)14(13)10-20/h4,7-9H,1,5-6H2,2-3H3,(H,21,22). The van der Waals surface area contributed by atoms with E-state index in [4.69, 9.17) is 21.1 Å². The van der Waals surface area contributed by atoms with Gasteiger partial charge in [0.2, 0.25) is 0 Å². The predicted molar refractivity (Wildman–Crippen MR) is 93.8 cm³/mol.